The lowest BCUT2D eigenvalue weighted by atomic mass is 10.0. The van der Waals surface area contributed by atoms with Crippen LogP contribution in [-0.4, -0.2) is 48.9 Å². The third kappa shape index (κ3) is 4.56. The fourth-order valence-corrected chi connectivity index (χ4v) is 4.60. The molecule has 0 saturated carbocycles. The van der Waals surface area contributed by atoms with Gasteiger partial charge in [-0.2, -0.15) is 18.2 Å². The molecule has 4 rings (SSSR count). The molecule has 1 aromatic carbocycles. The van der Waals surface area contributed by atoms with Crippen LogP contribution in [0.1, 0.15) is 31.9 Å². The summed E-state index contributed by atoms with van der Waals surface area (Å²) in [5.41, 5.74) is 1.26. The van der Waals surface area contributed by atoms with E-state index in [-0.39, 0.29) is 11.6 Å². The standard InChI is InChI=1S/C21H25F3N4O2S/c1-4-14-11-28(10-12(2)9-26-14)20-27-16-8-13(18(29-3)21(22,23)24)7-15(17(16)30-20)19-25-5-6-31-19/h5-8,12,14,18,26H,4,9-11H2,1-3H3. The summed E-state index contributed by atoms with van der Waals surface area (Å²) < 4.78 is 51.6. The van der Waals surface area contributed by atoms with Crippen LogP contribution in [0.4, 0.5) is 19.2 Å². The Morgan fingerprint density at radius 2 is 2.16 bits per heavy atom. The van der Waals surface area contributed by atoms with Gasteiger partial charge in [0.05, 0.1) is 5.56 Å². The summed E-state index contributed by atoms with van der Waals surface area (Å²) in [6.45, 7) is 6.62. The van der Waals surface area contributed by atoms with Gasteiger partial charge in [0.25, 0.3) is 6.01 Å². The number of oxazole rings is 1. The number of aromatic nitrogens is 2. The van der Waals surface area contributed by atoms with Crippen molar-refractivity contribution >= 4 is 28.5 Å². The third-order valence-corrected chi connectivity index (χ3v) is 6.30. The minimum absolute atomic E-state index is 0.0233. The summed E-state index contributed by atoms with van der Waals surface area (Å²) in [4.78, 5) is 11.0. The van der Waals surface area contributed by atoms with E-state index in [1.165, 1.54) is 23.5 Å². The molecule has 2 aromatic heterocycles. The number of nitrogens with zero attached hydrogens (tertiary/aromatic N) is 3. The Bertz CT molecular complexity index is 1020. The van der Waals surface area contributed by atoms with Gasteiger partial charge in [-0.15, -0.1) is 11.3 Å². The van der Waals surface area contributed by atoms with E-state index in [1.54, 1.807) is 11.6 Å². The van der Waals surface area contributed by atoms with Gasteiger partial charge in [0.1, 0.15) is 10.5 Å². The highest BCUT2D eigenvalue weighted by molar-refractivity contribution is 7.13. The molecule has 0 aliphatic carbocycles. The van der Waals surface area contributed by atoms with E-state index in [2.05, 4.69) is 34.0 Å². The number of halogens is 3. The number of benzene rings is 1. The number of anilines is 1. The fourth-order valence-electron chi connectivity index (χ4n) is 3.95. The molecule has 3 atom stereocenters. The van der Waals surface area contributed by atoms with Crippen LogP contribution < -0.4 is 10.2 Å². The topological polar surface area (TPSA) is 63.4 Å². The molecule has 3 aromatic rings. The van der Waals surface area contributed by atoms with Gasteiger partial charge in [-0.1, -0.05) is 13.8 Å². The predicted molar refractivity (Wildman–Crippen MR) is 114 cm³/mol. The van der Waals surface area contributed by atoms with Crippen LogP contribution >= 0.6 is 11.3 Å². The van der Waals surface area contributed by atoms with Gasteiger partial charge in [-0.05, 0) is 36.6 Å². The minimum atomic E-state index is -4.55. The SMILES string of the molecule is CCC1CN(c2nc3cc(C(OC)C(F)(F)F)cc(-c4nccs4)c3o2)CC(C)CN1. The number of nitrogens with one attached hydrogen (secondary N) is 1. The lowest BCUT2D eigenvalue weighted by Crippen LogP contribution is -2.37. The summed E-state index contributed by atoms with van der Waals surface area (Å²) in [5.74, 6) is 0.378. The first-order chi connectivity index (χ1) is 14.8. The summed E-state index contributed by atoms with van der Waals surface area (Å²) in [7, 11) is 1.05. The van der Waals surface area contributed by atoms with Crippen molar-refractivity contribution in [2.24, 2.45) is 5.92 Å². The third-order valence-electron chi connectivity index (χ3n) is 5.49. The molecule has 10 heteroatoms. The van der Waals surface area contributed by atoms with E-state index in [0.29, 0.717) is 33.6 Å². The maximum Gasteiger partial charge on any atom is 0.418 e. The van der Waals surface area contributed by atoms with Crippen molar-refractivity contribution in [2.75, 3.05) is 31.6 Å². The monoisotopic (exact) mass is 454 g/mol. The van der Waals surface area contributed by atoms with E-state index in [4.69, 9.17) is 9.15 Å². The Morgan fingerprint density at radius 1 is 1.35 bits per heavy atom. The first-order valence-electron chi connectivity index (χ1n) is 10.2. The zero-order chi connectivity index (χ0) is 22.2. The highest BCUT2D eigenvalue weighted by Crippen LogP contribution is 2.41. The molecule has 1 aliphatic rings. The number of methoxy groups -OCH3 is 1. The van der Waals surface area contributed by atoms with E-state index in [0.717, 1.165) is 33.2 Å². The number of fused-ring (bicyclic) bond motifs is 1. The Kier molecular flexibility index (Phi) is 6.23. The second-order valence-electron chi connectivity index (χ2n) is 7.93. The molecule has 0 spiro atoms. The zero-order valence-corrected chi connectivity index (χ0v) is 18.4. The number of alkyl halides is 3. The van der Waals surface area contributed by atoms with Crippen molar-refractivity contribution in [2.45, 2.75) is 38.6 Å². The fraction of sp³-hybridized carbons (Fsp3) is 0.524. The van der Waals surface area contributed by atoms with Gasteiger partial charge in [0.2, 0.25) is 0 Å². The van der Waals surface area contributed by atoms with E-state index in [9.17, 15) is 13.2 Å². The summed E-state index contributed by atoms with van der Waals surface area (Å²) >= 11 is 1.33. The normalized spacial score (nSPS) is 21.4. The van der Waals surface area contributed by atoms with Gasteiger partial charge in [0.15, 0.2) is 11.7 Å². The maximum absolute atomic E-state index is 13.5. The van der Waals surface area contributed by atoms with Crippen LogP contribution in [0.2, 0.25) is 0 Å². The average molecular weight is 455 g/mol. The lowest BCUT2D eigenvalue weighted by molar-refractivity contribution is -0.215. The van der Waals surface area contributed by atoms with Crippen LogP contribution in [0.3, 0.4) is 0 Å². The van der Waals surface area contributed by atoms with Crippen molar-refractivity contribution in [3.05, 3.63) is 29.3 Å². The van der Waals surface area contributed by atoms with Gasteiger partial charge in [0, 0.05) is 37.8 Å². The molecule has 3 heterocycles. The average Bonchev–Trinajstić information content (AvgIpc) is 3.35. The number of rotatable bonds is 5. The Hall–Kier alpha value is -2.17. The molecular weight excluding hydrogens is 429 g/mol. The van der Waals surface area contributed by atoms with Crippen LogP contribution in [0.15, 0.2) is 28.1 Å². The van der Waals surface area contributed by atoms with Gasteiger partial charge in [-0.3, -0.25) is 0 Å². The van der Waals surface area contributed by atoms with Crippen molar-refractivity contribution < 1.29 is 22.3 Å². The highest BCUT2D eigenvalue weighted by atomic mass is 32.1. The van der Waals surface area contributed by atoms with Crippen molar-refractivity contribution in [3.8, 4) is 10.6 Å². The van der Waals surface area contributed by atoms with Crippen LogP contribution in [0, 0.1) is 5.92 Å². The first kappa shape index (κ1) is 22.0. The quantitative estimate of drug-likeness (QED) is 0.584. The molecule has 1 aliphatic heterocycles. The molecule has 31 heavy (non-hydrogen) atoms. The van der Waals surface area contributed by atoms with Gasteiger partial charge < -0.3 is 19.4 Å². The second-order valence-corrected chi connectivity index (χ2v) is 8.83. The zero-order valence-electron chi connectivity index (χ0n) is 17.6. The van der Waals surface area contributed by atoms with Gasteiger partial charge >= 0.3 is 6.18 Å². The molecule has 0 amide bonds. The molecule has 1 fully saturated rings. The first-order valence-corrected chi connectivity index (χ1v) is 11.1. The van der Waals surface area contributed by atoms with Crippen molar-refractivity contribution in [1.82, 2.24) is 15.3 Å². The van der Waals surface area contributed by atoms with Crippen LogP contribution in [0.5, 0.6) is 0 Å². The maximum atomic E-state index is 13.5. The highest BCUT2D eigenvalue weighted by Gasteiger charge is 2.42. The summed E-state index contributed by atoms with van der Waals surface area (Å²) in [6.07, 6.45) is -4.03. The van der Waals surface area contributed by atoms with Crippen LogP contribution in [0.25, 0.3) is 21.7 Å². The largest absolute Gasteiger partial charge is 0.423 e. The Morgan fingerprint density at radius 3 is 2.81 bits per heavy atom. The summed E-state index contributed by atoms with van der Waals surface area (Å²) in [5, 5.41) is 5.88. The second kappa shape index (κ2) is 8.76. The smallest absolute Gasteiger partial charge is 0.418 e. The van der Waals surface area contributed by atoms with E-state index in [1.807, 2.05) is 0 Å². The predicted octanol–water partition coefficient (Wildman–Crippen LogP) is 5.03. The van der Waals surface area contributed by atoms with E-state index < -0.39 is 12.3 Å². The van der Waals surface area contributed by atoms with E-state index >= 15 is 0 Å². The number of hydrogen-bond donors (Lipinski definition) is 1. The Labute approximate surface area is 182 Å². The van der Waals surface area contributed by atoms with Crippen molar-refractivity contribution in [3.63, 3.8) is 0 Å². The van der Waals surface area contributed by atoms with Crippen molar-refractivity contribution in [1.29, 1.82) is 0 Å². The summed E-state index contributed by atoms with van der Waals surface area (Å²) in [6, 6.07) is 3.55. The molecule has 6 nitrogen and oxygen atoms in total. The molecule has 1 saturated heterocycles. The Balaban J connectivity index is 1.83. The van der Waals surface area contributed by atoms with Crippen LogP contribution in [-0.2, 0) is 4.74 Å². The molecule has 1 N–H and O–H groups in total. The molecule has 168 valence electrons. The van der Waals surface area contributed by atoms with Gasteiger partial charge in [-0.25, -0.2) is 4.98 Å². The number of thiazole rings is 1. The minimum Gasteiger partial charge on any atom is -0.423 e. The molecule has 3 unspecified atom stereocenters. The number of hydrogen-bond acceptors (Lipinski definition) is 7. The lowest BCUT2D eigenvalue weighted by Gasteiger charge is -2.22. The molecule has 0 bridgehead atoms. The molecular formula is C21H25F3N4O2S. The number of ether oxygens (including phenoxy) is 1. The molecule has 0 radical (unpaired) electrons.